The minimum absolute atomic E-state index is 0.374. The lowest BCUT2D eigenvalue weighted by Crippen LogP contribution is -2.26. The summed E-state index contributed by atoms with van der Waals surface area (Å²) in [6.07, 6.45) is 2.82. The smallest absolute Gasteiger partial charge is 0.344 e. The quantitative estimate of drug-likeness (QED) is 0.804. The number of carbonyl (C=O) groups is 1. The van der Waals surface area contributed by atoms with E-state index >= 15 is 0 Å². The Bertz CT molecular complexity index is 473. The number of aliphatic carboxylic acids is 1. The molecule has 2 rings (SSSR count). The van der Waals surface area contributed by atoms with Gasteiger partial charge in [0.15, 0.2) is 6.10 Å². The van der Waals surface area contributed by atoms with Gasteiger partial charge in [0.25, 0.3) is 0 Å². The van der Waals surface area contributed by atoms with E-state index in [-0.39, 0.29) is 0 Å². The van der Waals surface area contributed by atoms with Crippen molar-refractivity contribution in [3.63, 3.8) is 0 Å². The van der Waals surface area contributed by atoms with Gasteiger partial charge in [-0.2, -0.15) is 0 Å². The van der Waals surface area contributed by atoms with Crippen molar-refractivity contribution in [2.45, 2.75) is 51.7 Å². The molecule has 0 aromatic heterocycles. The summed E-state index contributed by atoms with van der Waals surface area (Å²) >= 11 is 0. The van der Waals surface area contributed by atoms with Gasteiger partial charge in [0.1, 0.15) is 5.75 Å². The Hall–Kier alpha value is -1.55. The first-order valence-corrected chi connectivity index (χ1v) is 7.42. The number of fused-ring (bicyclic) bond motifs is 1. The zero-order valence-electron chi connectivity index (χ0n) is 12.2. The molecular formula is C16H23NO3. The second-order valence-corrected chi connectivity index (χ2v) is 5.22. The fourth-order valence-electron chi connectivity index (χ4n) is 2.72. The topological polar surface area (TPSA) is 58.6 Å². The molecule has 1 aromatic rings. The van der Waals surface area contributed by atoms with Crippen LogP contribution in [0.3, 0.4) is 0 Å². The van der Waals surface area contributed by atoms with E-state index in [1.54, 1.807) is 0 Å². The Labute approximate surface area is 120 Å². The third-order valence-corrected chi connectivity index (χ3v) is 3.78. The van der Waals surface area contributed by atoms with Crippen LogP contribution in [0.25, 0.3) is 0 Å². The Morgan fingerprint density at radius 3 is 2.95 bits per heavy atom. The summed E-state index contributed by atoms with van der Waals surface area (Å²) in [4.78, 5) is 11.1. The summed E-state index contributed by atoms with van der Waals surface area (Å²) < 4.78 is 5.69. The molecular weight excluding hydrogens is 254 g/mol. The van der Waals surface area contributed by atoms with Crippen molar-refractivity contribution in [1.29, 1.82) is 0 Å². The number of carboxylic acid groups (broad SMARTS) is 1. The normalized spacial score (nSPS) is 18.6. The fraction of sp³-hybridized carbons (Fsp3) is 0.562. The van der Waals surface area contributed by atoms with Crippen LogP contribution in [0, 0.1) is 0 Å². The summed E-state index contributed by atoms with van der Waals surface area (Å²) in [5.41, 5.74) is 2.43. The maximum atomic E-state index is 11.1. The summed E-state index contributed by atoms with van der Waals surface area (Å²) in [5, 5.41) is 12.6. The number of hydrogen-bond donors (Lipinski definition) is 2. The van der Waals surface area contributed by atoms with Crippen molar-refractivity contribution in [3.05, 3.63) is 29.3 Å². The van der Waals surface area contributed by atoms with E-state index in [1.807, 2.05) is 19.1 Å². The van der Waals surface area contributed by atoms with Crippen LogP contribution < -0.4 is 10.1 Å². The highest BCUT2D eigenvalue weighted by Crippen LogP contribution is 2.37. The van der Waals surface area contributed by atoms with Crippen molar-refractivity contribution >= 4 is 5.97 Å². The van der Waals surface area contributed by atoms with Crippen LogP contribution in [-0.2, 0) is 11.2 Å². The molecule has 0 saturated carbocycles. The van der Waals surface area contributed by atoms with Gasteiger partial charge >= 0.3 is 5.97 Å². The van der Waals surface area contributed by atoms with E-state index in [9.17, 15) is 4.79 Å². The Morgan fingerprint density at radius 1 is 1.50 bits per heavy atom. The molecule has 0 saturated heterocycles. The van der Waals surface area contributed by atoms with Crippen LogP contribution >= 0.6 is 0 Å². The second-order valence-electron chi connectivity index (χ2n) is 5.22. The van der Waals surface area contributed by atoms with E-state index in [2.05, 4.69) is 18.3 Å². The molecule has 0 bridgehead atoms. The van der Waals surface area contributed by atoms with Gasteiger partial charge in [-0.05, 0) is 49.4 Å². The lowest BCUT2D eigenvalue weighted by Gasteiger charge is -2.17. The van der Waals surface area contributed by atoms with Crippen LogP contribution in [0.5, 0.6) is 5.75 Å². The predicted octanol–water partition coefficient (Wildman–Crippen LogP) is 2.92. The lowest BCUT2D eigenvalue weighted by atomic mass is 10.1. The fourth-order valence-corrected chi connectivity index (χ4v) is 2.72. The van der Waals surface area contributed by atoms with E-state index in [1.165, 1.54) is 11.1 Å². The minimum atomic E-state index is -0.899. The highest BCUT2D eigenvalue weighted by atomic mass is 16.5. The Morgan fingerprint density at radius 2 is 2.30 bits per heavy atom. The number of benzene rings is 1. The van der Waals surface area contributed by atoms with E-state index < -0.39 is 12.1 Å². The molecule has 20 heavy (non-hydrogen) atoms. The monoisotopic (exact) mass is 277 g/mol. The molecule has 4 nitrogen and oxygen atoms in total. The molecule has 0 aliphatic heterocycles. The van der Waals surface area contributed by atoms with Gasteiger partial charge in [-0.25, -0.2) is 4.79 Å². The molecule has 4 heteroatoms. The molecule has 1 aliphatic carbocycles. The summed E-state index contributed by atoms with van der Waals surface area (Å²) in [6.45, 7) is 4.98. The van der Waals surface area contributed by atoms with Crippen LogP contribution in [-0.4, -0.2) is 23.7 Å². The Balaban J connectivity index is 2.17. The SMILES string of the molecule is CCCNC1CCc2c(OC(CC)C(=O)O)cccc21. The first-order chi connectivity index (χ1) is 9.67. The zero-order valence-corrected chi connectivity index (χ0v) is 12.2. The van der Waals surface area contributed by atoms with Crippen LogP contribution in [0.1, 0.15) is 50.3 Å². The van der Waals surface area contributed by atoms with Gasteiger partial charge < -0.3 is 15.2 Å². The molecule has 0 spiro atoms. The first-order valence-electron chi connectivity index (χ1n) is 7.42. The minimum Gasteiger partial charge on any atom is -0.479 e. The molecule has 0 fully saturated rings. The first kappa shape index (κ1) is 14.9. The van der Waals surface area contributed by atoms with Crippen molar-refractivity contribution < 1.29 is 14.6 Å². The maximum Gasteiger partial charge on any atom is 0.344 e. The summed E-state index contributed by atoms with van der Waals surface area (Å²) in [7, 11) is 0. The van der Waals surface area contributed by atoms with Gasteiger partial charge in [-0.3, -0.25) is 0 Å². The van der Waals surface area contributed by atoms with Crippen molar-refractivity contribution in [2.24, 2.45) is 0 Å². The van der Waals surface area contributed by atoms with Gasteiger partial charge in [-0.15, -0.1) is 0 Å². The van der Waals surface area contributed by atoms with Crippen LogP contribution in [0.2, 0.25) is 0 Å². The highest BCUT2D eigenvalue weighted by molar-refractivity contribution is 5.72. The molecule has 1 aliphatic rings. The molecule has 1 aromatic carbocycles. The van der Waals surface area contributed by atoms with Gasteiger partial charge in [0.2, 0.25) is 0 Å². The van der Waals surface area contributed by atoms with E-state index in [0.717, 1.165) is 31.6 Å². The highest BCUT2D eigenvalue weighted by Gasteiger charge is 2.26. The number of nitrogens with one attached hydrogen (secondary N) is 1. The third kappa shape index (κ3) is 3.12. The van der Waals surface area contributed by atoms with Crippen molar-refractivity contribution in [2.75, 3.05) is 6.54 Å². The number of hydrogen-bond acceptors (Lipinski definition) is 3. The molecule has 2 unspecified atom stereocenters. The molecule has 110 valence electrons. The number of rotatable bonds is 7. The summed E-state index contributed by atoms with van der Waals surface area (Å²) in [6, 6.07) is 6.32. The van der Waals surface area contributed by atoms with Crippen LogP contribution in [0.4, 0.5) is 0 Å². The van der Waals surface area contributed by atoms with Gasteiger partial charge in [0.05, 0.1) is 0 Å². The lowest BCUT2D eigenvalue weighted by molar-refractivity contribution is -0.145. The average Bonchev–Trinajstić information content (AvgIpc) is 2.86. The largest absolute Gasteiger partial charge is 0.479 e. The standard InChI is InChI=1S/C16H23NO3/c1-3-10-17-13-9-8-12-11(13)6-5-7-15(12)20-14(4-2)16(18)19/h5-7,13-14,17H,3-4,8-10H2,1-2H3,(H,18,19). The Kier molecular flexibility index (Phi) is 5.01. The number of ether oxygens (including phenoxy) is 1. The third-order valence-electron chi connectivity index (χ3n) is 3.78. The molecule has 0 heterocycles. The summed E-state index contributed by atoms with van der Waals surface area (Å²) in [5.74, 6) is -0.165. The molecule has 0 amide bonds. The molecule has 0 radical (unpaired) electrons. The molecule has 2 atom stereocenters. The predicted molar refractivity (Wildman–Crippen MR) is 78.1 cm³/mol. The van der Waals surface area contributed by atoms with Gasteiger partial charge in [-0.1, -0.05) is 26.0 Å². The zero-order chi connectivity index (χ0) is 14.5. The van der Waals surface area contributed by atoms with Gasteiger partial charge in [0, 0.05) is 6.04 Å². The second kappa shape index (κ2) is 6.75. The average molecular weight is 277 g/mol. The van der Waals surface area contributed by atoms with Crippen molar-refractivity contribution in [1.82, 2.24) is 5.32 Å². The van der Waals surface area contributed by atoms with E-state index in [0.29, 0.717) is 12.5 Å². The van der Waals surface area contributed by atoms with E-state index in [4.69, 9.17) is 9.84 Å². The van der Waals surface area contributed by atoms with Crippen LogP contribution in [0.15, 0.2) is 18.2 Å². The van der Waals surface area contributed by atoms with Crippen molar-refractivity contribution in [3.8, 4) is 5.75 Å². The maximum absolute atomic E-state index is 11.1. The molecule has 2 N–H and O–H groups in total. The number of carboxylic acids is 1.